The number of hydrogen-bond donors (Lipinski definition) is 4. The molecule has 4 N–H and O–H groups in total. The number of hydrogen-bond acceptors (Lipinski definition) is 5. The van der Waals surface area contributed by atoms with Gasteiger partial charge in [-0.1, -0.05) is 13.8 Å². The first kappa shape index (κ1) is 14.3. The molecule has 1 fully saturated rings. The highest BCUT2D eigenvalue weighted by molar-refractivity contribution is 5.73. The number of aliphatic hydroxyl groups is 3. The molecule has 6 nitrogen and oxygen atoms in total. The van der Waals surface area contributed by atoms with Crippen LogP contribution in [0.1, 0.15) is 20.8 Å². The van der Waals surface area contributed by atoms with E-state index >= 15 is 0 Å². The van der Waals surface area contributed by atoms with E-state index in [-0.39, 0.29) is 0 Å². The van der Waals surface area contributed by atoms with Gasteiger partial charge in [0, 0.05) is 0 Å². The summed E-state index contributed by atoms with van der Waals surface area (Å²) < 4.78 is 4.78. The average molecular weight is 222 g/mol. The first-order valence-corrected chi connectivity index (χ1v) is 4.87. The fourth-order valence-electron chi connectivity index (χ4n) is 1.26. The maximum absolute atomic E-state index is 10.5. The Morgan fingerprint density at radius 2 is 1.53 bits per heavy atom. The first-order valence-electron chi connectivity index (χ1n) is 4.87. The monoisotopic (exact) mass is 222 g/mol. The van der Waals surface area contributed by atoms with Crippen molar-refractivity contribution in [1.29, 1.82) is 0 Å². The maximum atomic E-state index is 10.5. The van der Waals surface area contributed by atoms with E-state index in [1.54, 1.807) is 0 Å². The van der Waals surface area contributed by atoms with E-state index in [1.807, 2.05) is 13.8 Å². The summed E-state index contributed by atoms with van der Waals surface area (Å²) in [6.07, 6.45) is -6.62. The third-order valence-electron chi connectivity index (χ3n) is 2.10. The Morgan fingerprint density at radius 3 is 1.93 bits per heavy atom. The van der Waals surface area contributed by atoms with Gasteiger partial charge in [0.25, 0.3) is 0 Å². The summed E-state index contributed by atoms with van der Waals surface area (Å²) in [6, 6.07) is 0. The van der Waals surface area contributed by atoms with Crippen molar-refractivity contribution >= 4 is 5.97 Å². The Bertz CT molecular complexity index is 207. The van der Waals surface area contributed by atoms with Gasteiger partial charge in [0.1, 0.15) is 18.3 Å². The number of carbonyl (C=O) groups is 1. The highest BCUT2D eigenvalue weighted by Gasteiger charge is 2.44. The van der Waals surface area contributed by atoms with Crippen LogP contribution in [-0.2, 0) is 9.53 Å². The van der Waals surface area contributed by atoms with Gasteiger partial charge < -0.3 is 25.2 Å². The second kappa shape index (κ2) is 6.02. The van der Waals surface area contributed by atoms with Gasteiger partial charge in [-0.3, -0.25) is 0 Å². The number of aliphatic hydroxyl groups excluding tert-OH is 3. The Balaban J connectivity index is 0.000000921. The quantitative estimate of drug-likeness (QED) is 0.452. The molecule has 1 aliphatic heterocycles. The molecule has 0 amide bonds. The zero-order chi connectivity index (χ0) is 12.2. The van der Waals surface area contributed by atoms with Crippen molar-refractivity contribution in [2.24, 2.45) is 0 Å². The van der Waals surface area contributed by atoms with Crippen LogP contribution in [0.3, 0.4) is 0 Å². The van der Waals surface area contributed by atoms with Crippen molar-refractivity contribution in [2.75, 3.05) is 0 Å². The summed E-state index contributed by atoms with van der Waals surface area (Å²) in [5, 5.41) is 36.1. The van der Waals surface area contributed by atoms with Crippen molar-refractivity contribution < 1.29 is 30.0 Å². The van der Waals surface area contributed by atoms with Crippen LogP contribution in [0.15, 0.2) is 0 Å². The van der Waals surface area contributed by atoms with Gasteiger partial charge in [-0.15, -0.1) is 0 Å². The number of ether oxygens (including phenoxy) is 1. The normalized spacial score (nSPS) is 40.3. The highest BCUT2D eigenvalue weighted by atomic mass is 16.6. The molecule has 90 valence electrons. The van der Waals surface area contributed by atoms with Crippen LogP contribution in [0.4, 0.5) is 0 Å². The summed E-state index contributed by atoms with van der Waals surface area (Å²) in [6.45, 7) is 5.43. The molecule has 1 saturated heterocycles. The van der Waals surface area contributed by atoms with Crippen molar-refractivity contribution in [3.63, 3.8) is 0 Å². The minimum Gasteiger partial charge on any atom is -0.479 e. The predicted octanol–water partition coefficient (Wildman–Crippen LogP) is -1.03. The second-order valence-corrected chi connectivity index (χ2v) is 3.07. The standard InChI is InChI=1S/C7H12O6.C2H6/c1-2-3(8)4(9)5(10)6(13-2)7(11)12;1-2/h2-6,8-10H,1H3,(H,11,12);1-2H3/t2-,3-,4+,5-,6-;/m1./s1. The van der Waals surface area contributed by atoms with E-state index in [4.69, 9.17) is 9.84 Å². The van der Waals surface area contributed by atoms with E-state index in [0.717, 1.165) is 0 Å². The van der Waals surface area contributed by atoms with Crippen LogP contribution < -0.4 is 0 Å². The maximum Gasteiger partial charge on any atom is 0.335 e. The third kappa shape index (κ3) is 3.13. The minimum absolute atomic E-state index is 0.806. The van der Waals surface area contributed by atoms with Crippen molar-refractivity contribution in [3.8, 4) is 0 Å². The van der Waals surface area contributed by atoms with Crippen LogP contribution >= 0.6 is 0 Å². The molecule has 5 atom stereocenters. The summed E-state index contributed by atoms with van der Waals surface area (Å²) >= 11 is 0. The van der Waals surface area contributed by atoms with Crippen LogP contribution in [-0.4, -0.2) is 56.9 Å². The minimum atomic E-state index is -1.59. The second-order valence-electron chi connectivity index (χ2n) is 3.07. The molecule has 0 unspecified atom stereocenters. The first-order chi connectivity index (χ1) is 6.95. The molecular weight excluding hydrogens is 204 g/mol. The van der Waals surface area contributed by atoms with Gasteiger partial charge in [0.2, 0.25) is 0 Å². The van der Waals surface area contributed by atoms with Gasteiger partial charge >= 0.3 is 5.97 Å². The third-order valence-corrected chi connectivity index (χ3v) is 2.10. The molecule has 1 heterocycles. The Morgan fingerprint density at radius 1 is 1.07 bits per heavy atom. The van der Waals surface area contributed by atoms with Gasteiger partial charge in [0.15, 0.2) is 6.10 Å². The van der Waals surface area contributed by atoms with Crippen molar-refractivity contribution in [3.05, 3.63) is 0 Å². The lowest BCUT2D eigenvalue weighted by atomic mass is 9.96. The highest BCUT2D eigenvalue weighted by Crippen LogP contribution is 2.20. The average Bonchev–Trinajstić information content (AvgIpc) is 2.23. The van der Waals surface area contributed by atoms with E-state index in [0.29, 0.717) is 0 Å². The molecule has 1 rings (SSSR count). The van der Waals surface area contributed by atoms with Crippen molar-refractivity contribution in [1.82, 2.24) is 0 Å². The summed E-state index contributed by atoms with van der Waals surface area (Å²) in [5.41, 5.74) is 0. The Hall–Kier alpha value is -0.690. The van der Waals surface area contributed by atoms with Crippen LogP contribution in [0.2, 0.25) is 0 Å². The van der Waals surface area contributed by atoms with E-state index in [1.165, 1.54) is 6.92 Å². The fraction of sp³-hybridized carbons (Fsp3) is 0.889. The molecule has 0 aliphatic carbocycles. The topological polar surface area (TPSA) is 107 Å². The fourth-order valence-corrected chi connectivity index (χ4v) is 1.26. The summed E-state index contributed by atoms with van der Waals surface area (Å²) in [7, 11) is 0. The molecule has 6 heteroatoms. The van der Waals surface area contributed by atoms with Gasteiger partial charge in [-0.2, -0.15) is 0 Å². The zero-order valence-corrected chi connectivity index (χ0v) is 8.99. The lowest BCUT2D eigenvalue weighted by Gasteiger charge is -2.37. The predicted molar refractivity (Wildman–Crippen MR) is 51.3 cm³/mol. The molecule has 0 aromatic rings. The number of carboxylic acids is 1. The smallest absolute Gasteiger partial charge is 0.335 e. The number of carboxylic acid groups (broad SMARTS) is 1. The molecular formula is C9H18O6. The Labute approximate surface area is 88.1 Å². The lowest BCUT2D eigenvalue weighted by molar-refractivity contribution is -0.223. The number of aliphatic carboxylic acids is 1. The summed E-state index contributed by atoms with van der Waals surface area (Å²) in [5.74, 6) is -1.36. The molecule has 0 bridgehead atoms. The van der Waals surface area contributed by atoms with E-state index < -0.39 is 36.5 Å². The molecule has 15 heavy (non-hydrogen) atoms. The van der Waals surface area contributed by atoms with Crippen LogP contribution in [0.5, 0.6) is 0 Å². The number of rotatable bonds is 1. The van der Waals surface area contributed by atoms with Crippen LogP contribution in [0.25, 0.3) is 0 Å². The lowest BCUT2D eigenvalue weighted by Crippen LogP contribution is -2.58. The molecule has 0 aromatic heterocycles. The van der Waals surface area contributed by atoms with Crippen molar-refractivity contribution in [2.45, 2.75) is 51.3 Å². The molecule has 0 saturated carbocycles. The van der Waals surface area contributed by atoms with Crippen LogP contribution in [0, 0.1) is 0 Å². The van der Waals surface area contributed by atoms with Gasteiger partial charge in [0.05, 0.1) is 6.10 Å². The van der Waals surface area contributed by atoms with Gasteiger partial charge in [-0.25, -0.2) is 4.79 Å². The zero-order valence-electron chi connectivity index (χ0n) is 8.99. The summed E-state index contributed by atoms with van der Waals surface area (Å²) in [4.78, 5) is 10.5. The SMILES string of the molecule is CC.C[C@H]1O[C@@H](C(=O)O)[C@H](O)[C@@H](O)[C@@H]1O. The Kier molecular flexibility index (Phi) is 5.74. The molecule has 0 spiro atoms. The van der Waals surface area contributed by atoms with E-state index in [9.17, 15) is 20.1 Å². The molecule has 1 aliphatic rings. The molecule has 0 aromatic carbocycles. The van der Waals surface area contributed by atoms with Gasteiger partial charge in [-0.05, 0) is 6.92 Å². The largest absolute Gasteiger partial charge is 0.479 e. The molecule has 0 radical (unpaired) electrons. The van der Waals surface area contributed by atoms with E-state index in [2.05, 4.69) is 0 Å².